The molecule has 124 valence electrons. The average Bonchev–Trinajstić information content (AvgIpc) is 2.99. The van der Waals surface area contributed by atoms with E-state index in [1.807, 2.05) is 0 Å². The highest BCUT2D eigenvalue weighted by Crippen LogP contribution is 2.47. The minimum Gasteiger partial charge on any atom is -0.459 e. The van der Waals surface area contributed by atoms with Gasteiger partial charge in [-0.1, -0.05) is 6.42 Å². The van der Waals surface area contributed by atoms with Crippen molar-refractivity contribution in [1.29, 1.82) is 0 Å². The van der Waals surface area contributed by atoms with Crippen molar-refractivity contribution in [3.63, 3.8) is 0 Å². The Bertz CT molecular complexity index is 468. The molecule has 6 heteroatoms. The highest BCUT2D eigenvalue weighted by atomic mass is 16.6. The minimum absolute atomic E-state index is 0.101. The lowest BCUT2D eigenvalue weighted by atomic mass is 9.94. The summed E-state index contributed by atoms with van der Waals surface area (Å²) < 4.78 is 10.1. The van der Waals surface area contributed by atoms with Crippen LogP contribution in [0.5, 0.6) is 0 Å². The van der Waals surface area contributed by atoms with Crippen LogP contribution >= 0.6 is 0 Å². The smallest absolute Gasteiger partial charge is 0.417 e. The normalized spacial score (nSPS) is 26.6. The lowest BCUT2D eigenvalue weighted by molar-refractivity contribution is -0.161. The molecule has 2 aliphatic rings. The Hall–Kier alpha value is -1.59. The molecular weight excluding hydrogens is 286 g/mol. The van der Waals surface area contributed by atoms with Crippen molar-refractivity contribution in [2.24, 2.45) is 11.8 Å². The average molecular weight is 311 g/mol. The van der Waals surface area contributed by atoms with Crippen LogP contribution in [-0.2, 0) is 19.1 Å². The molecule has 2 aliphatic carbocycles. The van der Waals surface area contributed by atoms with Gasteiger partial charge in [0, 0.05) is 6.04 Å². The highest BCUT2D eigenvalue weighted by Gasteiger charge is 2.48. The maximum atomic E-state index is 12.4. The van der Waals surface area contributed by atoms with Gasteiger partial charge in [0.15, 0.2) is 0 Å². The fourth-order valence-electron chi connectivity index (χ4n) is 3.50. The molecule has 0 saturated heterocycles. The first-order chi connectivity index (χ1) is 10.2. The van der Waals surface area contributed by atoms with E-state index in [1.165, 1.54) is 0 Å². The van der Waals surface area contributed by atoms with Crippen LogP contribution in [0, 0.1) is 11.8 Å². The third kappa shape index (κ3) is 3.59. The van der Waals surface area contributed by atoms with Crippen molar-refractivity contribution < 1.29 is 23.9 Å². The SMILES string of the molecule is CCOC(=O)C(=O)N(C(=O)OC(C)(C)C)C1CC2CCC1C2. The zero-order valence-electron chi connectivity index (χ0n) is 13.8. The summed E-state index contributed by atoms with van der Waals surface area (Å²) in [5, 5.41) is 0. The Morgan fingerprint density at radius 2 is 1.82 bits per heavy atom. The van der Waals surface area contributed by atoms with Crippen LogP contribution in [0.4, 0.5) is 4.79 Å². The third-order valence-electron chi connectivity index (χ3n) is 4.29. The first-order valence-electron chi connectivity index (χ1n) is 7.96. The molecule has 0 aliphatic heterocycles. The van der Waals surface area contributed by atoms with Gasteiger partial charge in [0.1, 0.15) is 5.60 Å². The summed E-state index contributed by atoms with van der Waals surface area (Å²) in [6.07, 6.45) is 3.15. The van der Waals surface area contributed by atoms with Crippen molar-refractivity contribution in [2.75, 3.05) is 6.61 Å². The van der Waals surface area contributed by atoms with Crippen molar-refractivity contribution >= 4 is 18.0 Å². The Morgan fingerprint density at radius 3 is 2.27 bits per heavy atom. The number of amides is 2. The fourth-order valence-corrected chi connectivity index (χ4v) is 3.50. The third-order valence-corrected chi connectivity index (χ3v) is 4.29. The standard InChI is InChI=1S/C16H25NO5/c1-5-21-14(19)13(18)17(15(20)22-16(2,3)4)12-9-10-6-7-11(12)8-10/h10-12H,5-9H2,1-4H3. The fraction of sp³-hybridized carbons (Fsp3) is 0.812. The van der Waals surface area contributed by atoms with Crippen LogP contribution in [-0.4, -0.2) is 41.1 Å². The molecule has 6 nitrogen and oxygen atoms in total. The number of carbonyl (C=O) groups excluding carboxylic acids is 3. The summed E-state index contributed by atoms with van der Waals surface area (Å²) in [5.74, 6) is -1.09. The van der Waals surface area contributed by atoms with Crippen molar-refractivity contribution in [1.82, 2.24) is 4.90 Å². The summed E-state index contributed by atoms with van der Waals surface area (Å²) in [6.45, 7) is 6.93. The zero-order chi connectivity index (χ0) is 16.5. The van der Waals surface area contributed by atoms with Gasteiger partial charge in [0.05, 0.1) is 6.61 Å². The van der Waals surface area contributed by atoms with Crippen molar-refractivity contribution in [3.8, 4) is 0 Å². The second kappa shape index (κ2) is 6.26. The quantitative estimate of drug-likeness (QED) is 0.578. The van der Waals surface area contributed by atoms with Crippen molar-refractivity contribution in [3.05, 3.63) is 0 Å². The number of hydrogen-bond donors (Lipinski definition) is 0. The summed E-state index contributed by atoms with van der Waals surface area (Å²) >= 11 is 0. The van der Waals surface area contributed by atoms with Crippen LogP contribution in [0.15, 0.2) is 0 Å². The van der Waals surface area contributed by atoms with Gasteiger partial charge in [0.25, 0.3) is 0 Å². The first kappa shape index (κ1) is 16.8. The van der Waals surface area contributed by atoms with Gasteiger partial charge in [-0.2, -0.15) is 0 Å². The molecule has 0 N–H and O–H groups in total. The van der Waals surface area contributed by atoms with E-state index in [1.54, 1.807) is 27.7 Å². The van der Waals surface area contributed by atoms with Crippen LogP contribution in [0.3, 0.4) is 0 Å². The lowest BCUT2D eigenvalue weighted by Crippen LogP contribution is -2.51. The van der Waals surface area contributed by atoms with Gasteiger partial charge in [0.2, 0.25) is 0 Å². The van der Waals surface area contributed by atoms with Crippen LogP contribution in [0.2, 0.25) is 0 Å². The Kier molecular flexibility index (Phi) is 4.78. The molecule has 2 saturated carbocycles. The molecule has 3 unspecified atom stereocenters. The number of carbonyl (C=O) groups is 3. The van der Waals surface area contributed by atoms with Gasteiger partial charge in [-0.25, -0.2) is 14.5 Å². The summed E-state index contributed by atoms with van der Waals surface area (Å²) in [5.41, 5.74) is -0.720. The summed E-state index contributed by atoms with van der Waals surface area (Å²) in [4.78, 5) is 37.6. The molecule has 2 bridgehead atoms. The second-order valence-electron chi connectivity index (χ2n) is 7.12. The monoisotopic (exact) mass is 311 g/mol. The number of fused-ring (bicyclic) bond motifs is 2. The predicted octanol–water partition coefficient (Wildman–Crippen LogP) is 2.50. The number of rotatable bonds is 2. The Morgan fingerprint density at radius 1 is 1.14 bits per heavy atom. The molecule has 0 heterocycles. The number of ether oxygens (including phenoxy) is 2. The summed E-state index contributed by atoms with van der Waals surface area (Å²) in [6, 6.07) is -0.245. The van der Waals surface area contributed by atoms with Gasteiger partial charge < -0.3 is 9.47 Å². The van der Waals surface area contributed by atoms with Crippen LogP contribution in [0.1, 0.15) is 53.4 Å². The number of esters is 1. The Balaban J connectivity index is 2.19. The number of hydrogen-bond acceptors (Lipinski definition) is 5. The van der Waals surface area contributed by atoms with E-state index < -0.39 is 23.6 Å². The van der Waals surface area contributed by atoms with E-state index in [0.29, 0.717) is 5.92 Å². The predicted molar refractivity (Wildman–Crippen MR) is 78.9 cm³/mol. The van der Waals surface area contributed by atoms with E-state index in [4.69, 9.17) is 9.47 Å². The van der Waals surface area contributed by atoms with Gasteiger partial charge in [-0.3, -0.25) is 4.79 Å². The highest BCUT2D eigenvalue weighted by molar-refractivity contribution is 6.35. The molecule has 2 fully saturated rings. The molecule has 2 rings (SSSR count). The maximum absolute atomic E-state index is 12.4. The molecule has 2 amide bonds. The largest absolute Gasteiger partial charge is 0.459 e. The summed E-state index contributed by atoms with van der Waals surface area (Å²) in [7, 11) is 0. The van der Waals surface area contributed by atoms with Gasteiger partial charge in [-0.15, -0.1) is 0 Å². The minimum atomic E-state index is -0.990. The van der Waals surface area contributed by atoms with Crippen LogP contribution in [0.25, 0.3) is 0 Å². The Labute approximate surface area is 131 Å². The topological polar surface area (TPSA) is 72.9 Å². The molecule has 22 heavy (non-hydrogen) atoms. The molecule has 0 radical (unpaired) electrons. The molecule has 0 aromatic heterocycles. The van der Waals surface area contributed by atoms with E-state index in [-0.39, 0.29) is 18.6 Å². The zero-order valence-corrected chi connectivity index (χ0v) is 13.8. The first-order valence-corrected chi connectivity index (χ1v) is 7.96. The van der Waals surface area contributed by atoms with Crippen molar-refractivity contribution in [2.45, 2.75) is 65.0 Å². The molecule has 0 aromatic rings. The maximum Gasteiger partial charge on any atom is 0.417 e. The molecule has 3 atom stereocenters. The van der Waals surface area contributed by atoms with E-state index in [2.05, 4.69) is 0 Å². The van der Waals surface area contributed by atoms with E-state index in [0.717, 1.165) is 30.6 Å². The lowest BCUT2D eigenvalue weighted by Gasteiger charge is -2.33. The molecular formula is C16H25NO5. The van der Waals surface area contributed by atoms with Gasteiger partial charge in [-0.05, 0) is 58.8 Å². The van der Waals surface area contributed by atoms with Crippen LogP contribution < -0.4 is 0 Å². The van der Waals surface area contributed by atoms with Gasteiger partial charge >= 0.3 is 18.0 Å². The van der Waals surface area contributed by atoms with E-state index >= 15 is 0 Å². The molecule has 0 aromatic carbocycles. The van der Waals surface area contributed by atoms with E-state index in [9.17, 15) is 14.4 Å². The number of nitrogens with zero attached hydrogens (tertiary/aromatic N) is 1. The molecule has 0 spiro atoms. The second-order valence-corrected chi connectivity index (χ2v) is 7.12. The number of imide groups is 1.